The molecule has 0 aromatic carbocycles. The van der Waals surface area contributed by atoms with Crippen molar-refractivity contribution in [2.24, 2.45) is 7.05 Å². The van der Waals surface area contributed by atoms with Crippen molar-refractivity contribution in [3.05, 3.63) is 31.9 Å². The van der Waals surface area contributed by atoms with E-state index in [2.05, 4.69) is 16.9 Å². The van der Waals surface area contributed by atoms with Crippen LogP contribution in [0.1, 0.15) is 78.1 Å². The summed E-state index contributed by atoms with van der Waals surface area (Å²) in [5.74, 6) is 0.940. The predicted octanol–water partition coefficient (Wildman–Crippen LogP) is 5.58. The summed E-state index contributed by atoms with van der Waals surface area (Å²) in [6.45, 7) is 4.51. The molecular weight excluding hydrogens is 420 g/mol. The van der Waals surface area contributed by atoms with Crippen molar-refractivity contribution in [2.75, 3.05) is 5.75 Å². The van der Waals surface area contributed by atoms with Crippen LogP contribution in [0.25, 0.3) is 11.2 Å². The van der Waals surface area contributed by atoms with E-state index >= 15 is 0 Å². The normalized spacial score (nSPS) is 12.2. The number of nitrogens with zero attached hydrogens (tertiary/aromatic N) is 3. The molecule has 8 heteroatoms. The van der Waals surface area contributed by atoms with Crippen LogP contribution in [-0.2, 0) is 13.6 Å². The van der Waals surface area contributed by atoms with Gasteiger partial charge in [0, 0.05) is 24.4 Å². The summed E-state index contributed by atoms with van der Waals surface area (Å²) in [4.78, 5) is 31.3. The topological polar surface area (TPSA) is 72.7 Å². The first-order chi connectivity index (χ1) is 14.5. The number of rotatable bonds is 14. The number of hydrogen-bond acceptors (Lipinski definition) is 4. The smallest absolute Gasteiger partial charge is 0.309 e. The molecule has 0 radical (unpaired) electrons. The summed E-state index contributed by atoms with van der Waals surface area (Å²) in [5, 5.41) is 1.41. The fourth-order valence-corrected chi connectivity index (χ4v) is 4.54. The number of nitrogens with one attached hydrogen (secondary N) is 1. The quantitative estimate of drug-likeness (QED) is 0.298. The number of fused-ring (bicyclic) bond motifs is 1. The molecule has 1 N–H and O–H groups in total. The van der Waals surface area contributed by atoms with Gasteiger partial charge in [-0.2, -0.15) is 0 Å². The van der Waals surface area contributed by atoms with Crippen molar-refractivity contribution in [2.45, 2.75) is 89.8 Å². The molecule has 2 aromatic rings. The standard InChI is InChI=1S/C22H35ClN4O2S/c1-4-5-6-7-8-9-10-11-12-13-16-30-22-24-19-18(27(22)15-14-17(2)23)20(28)25-21(29)26(19)3/h14H,4-13,15-16H2,1-3H3,(H,25,28,29). The van der Waals surface area contributed by atoms with Gasteiger partial charge in [0.05, 0.1) is 0 Å². The number of unbranched alkanes of at least 4 members (excludes halogenated alkanes) is 9. The Morgan fingerprint density at radius 3 is 2.27 bits per heavy atom. The Kier molecular flexibility index (Phi) is 10.8. The van der Waals surface area contributed by atoms with Gasteiger partial charge >= 0.3 is 5.69 Å². The minimum atomic E-state index is -0.451. The highest BCUT2D eigenvalue weighted by Gasteiger charge is 2.17. The van der Waals surface area contributed by atoms with Crippen molar-refractivity contribution >= 4 is 34.5 Å². The van der Waals surface area contributed by atoms with Crippen LogP contribution in [0.3, 0.4) is 0 Å². The van der Waals surface area contributed by atoms with Gasteiger partial charge < -0.3 is 4.57 Å². The van der Waals surface area contributed by atoms with E-state index in [-0.39, 0.29) is 0 Å². The number of allylic oxidation sites excluding steroid dienone is 2. The third-order valence-electron chi connectivity index (χ3n) is 5.26. The summed E-state index contributed by atoms with van der Waals surface area (Å²) in [5.41, 5.74) is -0.0359. The van der Waals surface area contributed by atoms with E-state index in [1.807, 2.05) is 10.6 Å². The van der Waals surface area contributed by atoms with Gasteiger partial charge in [0.15, 0.2) is 16.3 Å². The van der Waals surface area contributed by atoms with Gasteiger partial charge in [0.25, 0.3) is 5.56 Å². The molecule has 0 saturated heterocycles. The van der Waals surface area contributed by atoms with Gasteiger partial charge in [-0.1, -0.05) is 94.1 Å². The monoisotopic (exact) mass is 454 g/mol. The van der Waals surface area contributed by atoms with Crippen molar-refractivity contribution in [1.29, 1.82) is 0 Å². The van der Waals surface area contributed by atoms with Gasteiger partial charge in [-0.05, 0) is 13.3 Å². The second-order valence-corrected chi connectivity index (χ2v) is 9.48. The molecule has 0 saturated carbocycles. The van der Waals surface area contributed by atoms with Crippen molar-refractivity contribution in [1.82, 2.24) is 19.1 Å². The van der Waals surface area contributed by atoms with E-state index in [1.165, 1.54) is 62.4 Å². The molecular formula is C22H35ClN4O2S. The van der Waals surface area contributed by atoms with Crippen LogP contribution < -0.4 is 11.2 Å². The largest absolute Gasteiger partial charge is 0.329 e. The van der Waals surface area contributed by atoms with E-state index < -0.39 is 11.2 Å². The average Bonchev–Trinajstić information content (AvgIpc) is 3.08. The lowest BCUT2D eigenvalue weighted by Crippen LogP contribution is -2.29. The molecule has 0 aliphatic carbocycles. The Balaban J connectivity index is 1.91. The molecule has 0 aliphatic rings. The molecule has 6 nitrogen and oxygen atoms in total. The highest BCUT2D eigenvalue weighted by Crippen LogP contribution is 2.23. The van der Waals surface area contributed by atoms with E-state index in [0.29, 0.717) is 22.7 Å². The highest BCUT2D eigenvalue weighted by molar-refractivity contribution is 7.99. The van der Waals surface area contributed by atoms with Crippen LogP contribution in [0.4, 0.5) is 0 Å². The summed E-state index contributed by atoms with van der Waals surface area (Å²) in [7, 11) is 1.62. The number of halogens is 1. The first-order valence-corrected chi connectivity index (χ1v) is 12.5. The summed E-state index contributed by atoms with van der Waals surface area (Å²) in [6, 6.07) is 0. The van der Waals surface area contributed by atoms with E-state index in [9.17, 15) is 9.59 Å². The van der Waals surface area contributed by atoms with Crippen molar-refractivity contribution < 1.29 is 0 Å². The average molecular weight is 455 g/mol. The lowest BCUT2D eigenvalue weighted by Gasteiger charge is -2.06. The molecule has 0 bridgehead atoms. The maximum atomic E-state index is 12.4. The Morgan fingerprint density at radius 2 is 1.67 bits per heavy atom. The van der Waals surface area contributed by atoms with Crippen LogP contribution in [0.15, 0.2) is 25.9 Å². The zero-order chi connectivity index (χ0) is 21.9. The number of H-pyrrole nitrogens is 1. The Labute approximate surface area is 188 Å². The molecule has 0 fully saturated rings. The van der Waals surface area contributed by atoms with Gasteiger partial charge in [-0.25, -0.2) is 9.78 Å². The number of aryl methyl sites for hydroxylation is 1. The van der Waals surface area contributed by atoms with Crippen molar-refractivity contribution in [3.8, 4) is 0 Å². The molecule has 2 heterocycles. The maximum absolute atomic E-state index is 12.4. The number of imidazole rings is 1. The zero-order valence-corrected chi connectivity index (χ0v) is 20.1. The first kappa shape index (κ1) is 24.8. The molecule has 30 heavy (non-hydrogen) atoms. The number of aromatic amines is 1. The molecule has 2 rings (SSSR count). The second-order valence-electron chi connectivity index (χ2n) is 7.82. The number of thioether (sulfide) groups is 1. The maximum Gasteiger partial charge on any atom is 0.329 e. The van der Waals surface area contributed by atoms with Gasteiger partial charge in [-0.3, -0.25) is 14.3 Å². The van der Waals surface area contributed by atoms with E-state index in [1.54, 1.807) is 25.7 Å². The fraction of sp³-hybridized carbons (Fsp3) is 0.682. The van der Waals surface area contributed by atoms with Crippen LogP contribution in [-0.4, -0.2) is 24.9 Å². The third kappa shape index (κ3) is 7.34. The Hall–Kier alpha value is -1.47. The summed E-state index contributed by atoms with van der Waals surface area (Å²) < 4.78 is 3.23. The molecule has 2 aromatic heterocycles. The fourth-order valence-electron chi connectivity index (χ4n) is 3.46. The number of aromatic nitrogens is 4. The van der Waals surface area contributed by atoms with Crippen LogP contribution >= 0.6 is 23.4 Å². The molecule has 0 unspecified atom stereocenters. The highest BCUT2D eigenvalue weighted by atomic mass is 35.5. The van der Waals surface area contributed by atoms with E-state index in [4.69, 9.17) is 11.6 Å². The summed E-state index contributed by atoms with van der Waals surface area (Å²) >= 11 is 7.63. The minimum Gasteiger partial charge on any atom is -0.309 e. The van der Waals surface area contributed by atoms with Crippen LogP contribution in [0.2, 0.25) is 0 Å². The van der Waals surface area contributed by atoms with Gasteiger partial charge in [0.1, 0.15) is 0 Å². The second kappa shape index (κ2) is 13.1. The lowest BCUT2D eigenvalue weighted by atomic mass is 10.1. The lowest BCUT2D eigenvalue weighted by molar-refractivity contribution is 0.563. The minimum absolute atomic E-state index is 0.410. The van der Waals surface area contributed by atoms with E-state index in [0.717, 1.165) is 17.3 Å². The Morgan fingerprint density at radius 1 is 1.07 bits per heavy atom. The van der Waals surface area contributed by atoms with Crippen molar-refractivity contribution in [3.63, 3.8) is 0 Å². The number of hydrogen-bond donors (Lipinski definition) is 1. The SMILES string of the molecule is CCCCCCCCCCCCSc1nc2c(c(=O)[nH]c(=O)n2C)n1CC=C(C)Cl. The third-order valence-corrected chi connectivity index (χ3v) is 6.47. The molecule has 0 amide bonds. The predicted molar refractivity (Wildman–Crippen MR) is 128 cm³/mol. The first-order valence-electron chi connectivity index (χ1n) is 11.1. The zero-order valence-electron chi connectivity index (χ0n) is 18.5. The van der Waals surface area contributed by atoms with Gasteiger partial charge in [0.2, 0.25) is 0 Å². The Bertz CT molecular complexity index is 941. The van der Waals surface area contributed by atoms with Crippen LogP contribution in [0.5, 0.6) is 0 Å². The van der Waals surface area contributed by atoms with Crippen LogP contribution in [0, 0.1) is 0 Å². The molecule has 0 atom stereocenters. The molecule has 0 aliphatic heterocycles. The molecule has 168 valence electrons. The summed E-state index contributed by atoms with van der Waals surface area (Å²) in [6.07, 6.45) is 14.9. The molecule has 0 spiro atoms. The van der Waals surface area contributed by atoms with Gasteiger partial charge in [-0.15, -0.1) is 0 Å².